The molecule has 53 heavy (non-hydrogen) atoms. The van der Waals surface area contributed by atoms with E-state index in [1.807, 2.05) is 121 Å². The van der Waals surface area contributed by atoms with Gasteiger partial charge in [-0.1, -0.05) is 68.8 Å². The van der Waals surface area contributed by atoms with Crippen LogP contribution in [0.4, 0.5) is 46.0 Å². The predicted molar refractivity (Wildman–Crippen MR) is 218 cm³/mol. The van der Waals surface area contributed by atoms with E-state index in [0.29, 0.717) is 17.6 Å². The summed E-state index contributed by atoms with van der Waals surface area (Å²) in [6.07, 6.45) is 4.63. The van der Waals surface area contributed by atoms with E-state index in [1.165, 1.54) is 5.56 Å². The van der Waals surface area contributed by atoms with Crippen LogP contribution in [-0.4, -0.2) is 25.7 Å². The number of hydrogen-bond donors (Lipinski definition) is 5. The predicted octanol–water partition coefficient (Wildman–Crippen LogP) is 11.6. The van der Waals surface area contributed by atoms with E-state index < -0.39 is 5.60 Å². The van der Waals surface area contributed by atoms with Crippen molar-refractivity contribution < 1.29 is 9.84 Å². The highest BCUT2D eigenvalue weighted by molar-refractivity contribution is 5.66. The SMILES string of the molecule is CCCCc1cc(C(CC)CC(C)(C)Oc2nc(Nc3ccc(Nc4ccccc4)cc3)nc(Nc3ccc(Nc4ccccc4)cc3)n2)ccc1O. The van der Waals surface area contributed by atoms with E-state index >= 15 is 0 Å². The van der Waals surface area contributed by atoms with Gasteiger partial charge in [0.2, 0.25) is 11.9 Å². The molecule has 272 valence electrons. The molecule has 1 atom stereocenters. The molecule has 0 aliphatic carbocycles. The zero-order valence-electron chi connectivity index (χ0n) is 30.9. The summed E-state index contributed by atoms with van der Waals surface area (Å²) < 4.78 is 6.59. The molecule has 0 spiro atoms. The Balaban J connectivity index is 1.22. The summed E-state index contributed by atoms with van der Waals surface area (Å²) in [6.45, 7) is 8.48. The van der Waals surface area contributed by atoms with Crippen LogP contribution in [0, 0.1) is 0 Å². The molecule has 1 aromatic heterocycles. The molecule has 0 aliphatic heterocycles. The van der Waals surface area contributed by atoms with Gasteiger partial charge in [0.1, 0.15) is 11.4 Å². The van der Waals surface area contributed by atoms with Crippen LogP contribution in [0.2, 0.25) is 0 Å². The van der Waals surface area contributed by atoms with Gasteiger partial charge >= 0.3 is 6.01 Å². The maximum Gasteiger partial charge on any atom is 0.323 e. The molecular formula is C44H49N7O2. The highest BCUT2D eigenvalue weighted by atomic mass is 16.5. The first-order valence-electron chi connectivity index (χ1n) is 18.4. The van der Waals surface area contributed by atoms with Crippen LogP contribution in [-0.2, 0) is 6.42 Å². The van der Waals surface area contributed by atoms with Gasteiger partial charge in [0, 0.05) is 34.1 Å². The van der Waals surface area contributed by atoms with Crippen LogP contribution in [0.15, 0.2) is 127 Å². The topological polar surface area (TPSA) is 116 Å². The fraction of sp³-hybridized carbons (Fsp3) is 0.250. The highest BCUT2D eigenvalue weighted by Crippen LogP contribution is 2.34. The minimum Gasteiger partial charge on any atom is -0.508 e. The Morgan fingerprint density at radius 3 is 1.55 bits per heavy atom. The number of phenols is 1. The largest absolute Gasteiger partial charge is 0.508 e. The summed E-state index contributed by atoms with van der Waals surface area (Å²) in [5.74, 6) is 1.28. The normalized spacial score (nSPS) is 11.8. The Morgan fingerprint density at radius 1 is 0.604 bits per heavy atom. The van der Waals surface area contributed by atoms with Crippen molar-refractivity contribution in [3.63, 3.8) is 0 Å². The summed E-state index contributed by atoms with van der Waals surface area (Å²) in [7, 11) is 0. The summed E-state index contributed by atoms with van der Waals surface area (Å²) in [5.41, 5.74) is 7.18. The van der Waals surface area contributed by atoms with Crippen molar-refractivity contribution in [3.8, 4) is 11.8 Å². The molecule has 5 aromatic carbocycles. The lowest BCUT2D eigenvalue weighted by molar-refractivity contribution is 0.0786. The van der Waals surface area contributed by atoms with Crippen molar-refractivity contribution >= 4 is 46.0 Å². The first-order chi connectivity index (χ1) is 25.7. The third-order valence-electron chi connectivity index (χ3n) is 8.99. The molecule has 6 rings (SSSR count). The Labute approximate surface area is 312 Å². The van der Waals surface area contributed by atoms with Crippen molar-refractivity contribution in [1.29, 1.82) is 0 Å². The summed E-state index contributed by atoms with van der Waals surface area (Å²) in [5, 5.41) is 24.0. The molecule has 9 nitrogen and oxygen atoms in total. The second kappa shape index (κ2) is 17.4. The zero-order chi connectivity index (χ0) is 37.0. The van der Waals surface area contributed by atoms with Gasteiger partial charge in [-0.25, -0.2) is 0 Å². The van der Waals surface area contributed by atoms with Crippen molar-refractivity contribution in [1.82, 2.24) is 15.0 Å². The Bertz CT molecular complexity index is 1930. The van der Waals surface area contributed by atoms with Crippen molar-refractivity contribution in [3.05, 3.63) is 139 Å². The number of aryl methyl sites for hydroxylation is 1. The van der Waals surface area contributed by atoms with E-state index in [9.17, 15) is 5.11 Å². The number of para-hydroxylation sites is 2. The molecular weight excluding hydrogens is 659 g/mol. The molecule has 1 unspecified atom stereocenters. The lowest BCUT2D eigenvalue weighted by Gasteiger charge is -2.30. The Morgan fingerprint density at radius 2 is 1.08 bits per heavy atom. The summed E-state index contributed by atoms with van der Waals surface area (Å²) >= 11 is 0. The van der Waals surface area contributed by atoms with Crippen LogP contribution in [0.3, 0.4) is 0 Å². The fourth-order valence-electron chi connectivity index (χ4n) is 6.23. The number of ether oxygens (including phenoxy) is 1. The van der Waals surface area contributed by atoms with Gasteiger partial charge in [0.05, 0.1) is 0 Å². The number of unbranched alkanes of at least 4 members (excludes halogenated alkanes) is 1. The van der Waals surface area contributed by atoms with Gasteiger partial charge in [0.15, 0.2) is 0 Å². The van der Waals surface area contributed by atoms with E-state index in [4.69, 9.17) is 19.7 Å². The maximum absolute atomic E-state index is 10.5. The number of nitrogens with one attached hydrogen (secondary N) is 4. The van der Waals surface area contributed by atoms with Gasteiger partial charge in [-0.3, -0.25) is 0 Å². The van der Waals surface area contributed by atoms with E-state index in [1.54, 1.807) is 0 Å². The number of nitrogens with zero attached hydrogens (tertiary/aromatic N) is 3. The highest BCUT2D eigenvalue weighted by Gasteiger charge is 2.28. The van der Waals surface area contributed by atoms with Crippen molar-refractivity contribution in [2.45, 2.75) is 71.3 Å². The van der Waals surface area contributed by atoms with Gasteiger partial charge in [0.25, 0.3) is 0 Å². The van der Waals surface area contributed by atoms with E-state index in [2.05, 4.69) is 55.0 Å². The van der Waals surface area contributed by atoms with Gasteiger partial charge < -0.3 is 31.1 Å². The van der Waals surface area contributed by atoms with Gasteiger partial charge in [-0.2, -0.15) is 15.0 Å². The minimum atomic E-state index is -0.618. The molecule has 5 N–H and O–H groups in total. The number of aromatic hydroxyl groups is 1. The number of phenolic OH excluding ortho intramolecular Hbond substituents is 1. The quantitative estimate of drug-likeness (QED) is 0.0631. The lowest BCUT2D eigenvalue weighted by atomic mass is 9.85. The third-order valence-corrected chi connectivity index (χ3v) is 8.99. The van der Waals surface area contributed by atoms with Gasteiger partial charge in [-0.15, -0.1) is 0 Å². The van der Waals surface area contributed by atoms with Crippen LogP contribution in [0.5, 0.6) is 11.8 Å². The molecule has 0 saturated carbocycles. The van der Waals surface area contributed by atoms with Crippen molar-refractivity contribution in [2.24, 2.45) is 0 Å². The average Bonchev–Trinajstić information content (AvgIpc) is 3.16. The first-order valence-corrected chi connectivity index (χ1v) is 18.4. The van der Waals surface area contributed by atoms with E-state index in [-0.39, 0.29) is 11.9 Å². The summed E-state index contributed by atoms with van der Waals surface area (Å²) in [6, 6.07) is 42.2. The zero-order valence-corrected chi connectivity index (χ0v) is 30.9. The third kappa shape index (κ3) is 10.7. The standard InChI is InChI=1S/C44H49N7O2/c1-5-7-14-33-29-32(19-28-40(33)52)31(6-2)30-44(3,4)53-43-50-41(47-38-24-20-36(21-25-38)45-34-15-10-8-11-16-34)49-42(51-43)48-39-26-22-37(23-27-39)46-35-17-12-9-13-18-35/h8-13,15-29,31,45-46,52H,5-7,14,30H2,1-4H3,(H2,47,48,49,50,51). The lowest BCUT2D eigenvalue weighted by Crippen LogP contribution is -2.31. The average molecular weight is 708 g/mol. The number of rotatable bonds is 17. The molecule has 0 saturated heterocycles. The molecule has 0 bridgehead atoms. The number of anilines is 8. The minimum absolute atomic E-state index is 0.212. The van der Waals surface area contributed by atoms with Crippen LogP contribution in [0.25, 0.3) is 0 Å². The van der Waals surface area contributed by atoms with Crippen molar-refractivity contribution in [2.75, 3.05) is 21.3 Å². The van der Waals surface area contributed by atoms with Crippen LogP contribution < -0.4 is 26.0 Å². The fourth-order valence-corrected chi connectivity index (χ4v) is 6.23. The van der Waals surface area contributed by atoms with Gasteiger partial charge in [-0.05, 0) is 135 Å². The van der Waals surface area contributed by atoms with Crippen LogP contribution >= 0.6 is 0 Å². The molecule has 9 heteroatoms. The van der Waals surface area contributed by atoms with E-state index in [0.717, 1.165) is 71.8 Å². The first kappa shape index (κ1) is 36.7. The number of benzene rings is 5. The molecule has 6 aromatic rings. The molecule has 0 amide bonds. The Hall–Kier alpha value is -6.09. The second-order valence-electron chi connectivity index (χ2n) is 13.8. The second-order valence-corrected chi connectivity index (χ2v) is 13.8. The number of aromatic nitrogens is 3. The molecule has 0 fully saturated rings. The monoisotopic (exact) mass is 707 g/mol. The molecule has 0 aliphatic rings. The Kier molecular flexibility index (Phi) is 12.1. The van der Waals surface area contributed by atoms with Crippen LogP contribution in [0.1, 0.15) is 70.4 Å². The summed E-state index contributed by atoms with van der Waals surface area (Å²) in [4.78, 5) is 14.2. The number of hydrogen-bond acceptors (Lipinski definition) is 9. The smallest absolute Gasteiger partial charge is 0.323 e. The molecule has 0 radical (unpaired) electrons. The maximum atomic E-state index is 10.5. The molecule has 1 heterocycles.